The minimum absolute atomic E-state index is 0.0943. The third-order valence-corrected chi connectivity index (χ3v) is 7.74. The van der Waals surface area contributed by atoms with Gasteiger partial charge >= 0.3 is 5.91 Å². The van der Waals surface area contributed by atoms with Crippen molar-refractivity contribution >= 4 is 27.2 Å². The van der Waals surface area contributed by atoms with Gasteiger partial charge in [-0.3, -0.25) is 9.59 Å². The van der Waals surface area contributed by atoms with Crippen LogP contribution in [-0.2, 0) is 40.2 Å². The molecule has 1 N–H and O–H groups in total. The molecule has 2 aromatic rings. The predicted octanol–water partition coefficient (Wildman–Crippen LogP) is 2.68. The zero-order chi connectivity index (χ0) is 18.6. The zero-order valence-electron chi connectivity index (χ0n) is 14.8. The molecule has 2 heterocycles. The fraction of sp³-hybridized carbons (Fsp3) is 0.350. The number of nitrogens with zero attached hydrogens (tertiary/aromatic N) is 2. The van der Waals surface area contributed by atoms with Crippen molar-refractivity contribution in [3.63, 3.8) is 0 Å². The summed E-state index contributed by atoms with van der Waals surface area (Å²) in [6, 6.07) is 5.49. The summed E-state index contributed by atoms with van der Waals surface area (Å²) in [6.45, 7) is 0. The fourth-order valence-corrected chi connectivity index (χ4v) is 6.30. The van der Waals surface area contributed by atoms with E-state index in [9.17, 15) is 13.8 Å². The number of anilines is 1. The molecule has 2 amide bonds. The number of amides is 2. The van der Waals surface area contributed by atoms with Crippen LogP contribution in [0.4, 0.5) is 5.69 Å². The number of aromatic nitrogens is 1. The molecule has 0 radical (unpaired) electrons. The van der Waals surface area contributed by atoms with Crippen molar-refractivity contribution in [3.05, 3.63) is 52.3 Å². The van der Waals surface area contributed by atoms with Crippen LogP contribution in [0.25, 0.3) is 0 Å². The molecule has 1 atom stereocenters. The molecule has 1 unspecified atom stereocenters. The lowest BCUT2D eigenvalue weighted by Crippen LogP contribution is -2.23. The Morgan fingerprint density at radius 1 is 1.11 bits per heavy atom. The second kappa shape index (κ2) is 5.99. The van der Waals surface area contributed by atoms with E-state index >= 15 is 0 Å². The van der Waals surface area contributed by atoms with Gasteiger partial charge in [-0.2, -0.15) is 4.36 Å². The van der Waals surface area contributed by atoms with E-state index in [1.54, 1.807) is 12.1 Å². The maximum atomic E-state index is 13.2. The van der Waals surface area contributed by atoms with Gasteiger partial charge in [0.15, 0.2) is 0 Å². The summed E-state index contributed by atoms with van der Waals surface area (Å²) in [7, 11) is -3.11. The SMILES string of the molecule is O=C(CS1(=O)=NC(=O)c2ncccc21)Nc1c2c(cc3c1CCC3)CCC2. The van der Waals surface area contributed by atoms with Crippen molar-refractivity contribution in [1.29, 1.82) is 0 Å². The molecule has 0 saturated carbocycles. The van der Waals surface area contributed by atoms with Gasteiger partial charge in [0.25, 0.3) is 0 Å². The monoisotopic (exact) mass is 381 g/mol. The van der Waals surface area contributed by atoms with Crippen LogP contribution in [0.3, 0.4) is 0 Å². The third-order valence-electron chi connectivity index (χ3n) is 5.61. The topological polar surface area (TPSA) is 88.5 Å². The van der Waals surface area contributed by atoms with Crippen molar-refractivity contribution in [3.8, 4) is 0 Å². The standard InChI is InChI=1S/C20H19N3O3S/c24-17(11-27(26)16-8-3-9-21-19(16)20(25)23-27)22-18-14-6-1-4-12(14)10-13-5-2-7-15(13)18/h3,8-10H,1-2,4-7,11H2,(H,22,24). The quantitative estimate of drug-likeness (QED) is 0.885. The van der Waals surface area contributed by atoms with Gasteiger partial charge in [0.05, 0.1) is 14.6 Å². The molecular weight excluding hydrogens is 362 g/mol. The van der Waals surface area contributed by atoms with Crippen LogP contribution < -0.4 is 5.32 Å². The Morgan fingerprint density at radius 2 is 1.81 bits per heavy atom. The normalized spacial score (nSPS) is 22.1. The molecule has 2 aliphatic carbocycles. The van der Waals surface area contributed by atoms with Gasteiger partial charge in [-0.15, -0.1) is 0 Å². The Morgan fingerprint density at radius 3 is 2.52 bits per heavy atom. The van der Waals surface area contributed by atoms with Crippen LogP contribution in [0.2, 0.25) is 0 Å². The highest BCUT2D eigenvalue weighted by atomic mass is 32.2. The van der Waals surface area contributed by atoms with Gasteiger partial charge < -0.3 is 5.32 Å². The molecular formula is C20H19N3O3S. The number of hydrogen-bond acceptors (Lipinski definition) is 4. The van der Waals surface area contributed by atoms with E-state index in [2.05, 4.69) is 20.7 Å². The second-order valence-electron chi connectivity index (χ2n) is 7.31. The highest BCUT2D eigenvalue weighted by Crippen LogP contribution is 2.38. The minimum Gasteiger partial charge on any atom is -0.325 e. The van der Waals surface area contributed by atoms with Gasteiger partial charge in [-0.1, -0.05) is 6.07 Å². The molecule has 27 heavy (non-hydrogen) atoms. The van der Waals surface area contributed by atoms with E-state index in [-0.39, 0.29) is 22.2 Å². The van der Waals surface area contributed by atoms with Gasteiger partial charge in [-0.25, -0.2) is 9.19 Å². The Balaban J connectivity index is 1.48. The van der Waals surface area contributed by atoms with Crippen LogP contribution in [0.5, 0.6) is 0 Å². The first kappa shape index (κ1) is 16.6. The Kier molecular flexibility index (Phi) is 3.69. The molecule has 7 heteroatoms. The first-order valence-corrected chi connectivity index (χ1v) is 10.9. The number of carbonyl (C=O) groups is 2. The van der Waals surface area contributed by atoms with E-state index in [0.717, 1.165) is 44.2 Å². The fourth-order valence-electron chi connectivity index (χ4n) is 4.47. The summed E-state index contributed by atoms with van der Waals surface area (Å²) in [4.78, 5) is 29.0. The lowest BCUT2D eigenvalue weighted by molar-refractivity contribution is -0.113. The summed E-state index contributed by atoms with van der Waals surface area (Å²) >= 11 is 0. The van der Waals surface area contributed by atoms with Gasteiger partial charge in [0.1, 0.15) is 11.4 Å². The van der Waals surface area contributed by atoms with Crippen molar-refractivity contribution in [2.45, 2.75) is 43.4 Å². The number of carbonyl (C=O) groups excluding carboxylic acids is 2. The van der Waals surface area contributed by atoms with E-state index in [4.69, 9.17) is 0 Å². The summed E-state index contributed by atoms with van der Waals surface area (Å²) < 4.78 is 17.0. The Bertz CT molecular complexity index is 1100. The third kappa shape index (κ3) is 2.60. The number of rotatable bonds is 3. The average molecular weight is 381 g/mol. The molecule has 6 nitrogen and oxygen atoms in total. The van der Waals surface area contributed by atoms with Crippen LogP contribution >= 0.6 is 0 Å². The molecule has 3 aliphatic rings. The number of aryl methyl sites for hydroxylation is 2. The van der Waals surface area contributed by atoms with Crippen molar-refractivity contribution in [1.82, 2.24) is 4.98 Å². The molecule has 138 valence electrons. The van der Waals surface area contributed by atoms with Crippen LogP contribution in [-0.4, -0.2) is 26.8 Å². The first-order valence-electron chi connectivity index (χ1n) is 9.26. The van der Waals surface area contributed by atoms with Crippen LogP contribution in [0.1, 0.15) is 45.6 Å². The van der Waals surface area contributed by atoms with Crippen molar-refractivity contribution < 1.29 is 13.8 Å². The minimum atomic E-state index is -3.11. The molecule has 0 saturated heterocycles. The molecule has 0 bridgehead atoms. The average Bonchev–Trinajstić information content (AvgIpc) is 3.34. The predicted molar refractivity (Wildman–Crippen MR) is 101 cm³/mol. The summed E-state index contributed by atoms with van der Waals surface area (Å²) in [5, 5.41) is 3.03. The number of benzene rings is 1. The molecule has 5 rings (SSSR count). The van der Waals surface area contributed by atoms with Gasteiger partial charge in [0.2, 0.25) is 5.91 Å². The number of fused-ring (bicyclic) bond motifs is 3. The number of pyridine rings is 1. The van der Waals surface area contributed by atoms with Crippen LogP contribution in [0, 0.1) is 0 Å². The molecule has 0 fully saturated rings. The lowest BCUT2D eigenvalue weighted by atomic mass is 9.98. The number of hydrogen-bond donors (Lipinski definition) is 1. The van der Waals surface area contributed by atoms with E-state index in [1.807, 2.05) is 0 Å². The smallest absolute Gasteiger partial charge is 0.305 e. The van der Waals surface area contributed by atoms with Crippen LogP contribution in [0.15, 0.2) is 33.7 Å². The molecule has 1 aromatic carbocycles. The highest BCUT2D eigenvalue weighted by molar-refractivity contribution is 7.95. The molecule has 0 spiro atoms. The maximum absolute atomic E-state index is 13.2. The summed E-state index contributed by atoms with van der Waals surface area (Å²) in [5.74, 6) is -1.29. The Hall–Kier alpha value is -2.54. The molecule has 1 aliphatic heterocycles. The highest BCUT2D eigenvalue weighted by Gasteiger charge is 2.33. The number of nitrogens with one attached hydrogen (secondary N) is 1. The second-order valence-corrected chi connectivity index (χ2v) is 9.51. The van der Waals surface area contributed by atoms with Gasteiger partial charge in [-0.05, 0) is 72.9 Å². The summed E-state index contributed by atoms with van der Waals surface area (Å²) in [5.41, 5.74) is 6.11. The van der Waals surface area contributed by atoms with Crippen molar-refractivity contribution in [2.24, 2.45) is 4.36 Å². The largest absolute Gasteiger partial charge is 0.325 e. The van der Waals surface area contributed by atoms with Crippen molar-refractivity contribution in [2.75, 3.05) is 11.1 Å². The molecule has 1 aromatic heterocycles. The summed E-state index contributed by atoms with van der Waals surface area (Å²) in [6.07, 6.45) is 7.68. The first-order chi connectivity index (χ1) is 13.0. The zero-order valence-corrected chi connectivity index (χ0v) is 15.6. The van der Waals surface area contributed by atoms with E-state index in [0.29, 0.717) is 0 Å². The lowest BCUT2D eigenvalue weighted by Gasteiger charge is -2.16. The maximum Gasteiger partial charge on any atom is 0.305 e. The Labute approximate surface area is 157 Å². The van der Waals surface area contributed by atoms with Gasteiger partial charge in [0, 0.05) is 11.9 Å². The van der Waals surface area contributed by atoms with E-state index < -0.39 is 15.6 Å². The van der Waals surface area contributed by atoms with E-state index in [1.165, 1.54) is 28.5 Å².